The first-order valence-corrected chi connectivity index (χ1v) is 6.33. The fraction of sp³-hybridized carbons (Fsp3) is 0.429. The van der Waals surface area contributed by atoms with Gasteiger partial charge in [0.2, 0.25) is 5.89 Å². The molecule has 0 fully saturated rings. The van der Waals surface area contributed by atoms with Crippen LogP contribution in [-0.4, -0.2) is 16.2 Å². The van der Waals surface area contributed by atoms with Gasteiger partial charge in [-0.3, -0.25) is 0 Å². The van der Waals surface area contributed by atoms with Crippen LogP contribution < -0.4 is 5.73 Å². The molecular weight excluding hydrogens is 226 g/mol. The summed E-state index contributed by atoms with van der Waals surface area (Å²) < 4.78 is 5.36. The molecule has 1 aromatic heterocycles. The number of hydrogen-bond donors (Lipinski definition) is 1. The lowest BCUT2D eigenvalue weighted by molar-refractivity contribution is 0.357. The van der Waals surface area contributed by atoms with E-state index in [-0.39, 0.29) is 12.0 Å². The molecule has 2 unspecified atom stereocenters. The molecule has 2 aromatic rings. The quantitative estimate of drug-likeness (QED) is 0.879. The van der Waals surface area contributed by atoms with Crippen molar-refractivity contribution in [3.63, 3.8) is 0 Å². The number of nitrogens with two attached hydrogens (primary N) is 1. The van der Waals surface area contributed by atoms with Gasteiger partial charge in [0.15, 0.2) is 5.82 Å². The monoisotopic (exact) mass is 245 g/mol. The summed E-state index contributed by atoms with van der Waals surface area (Å²) in [4.78, 5) is 4.44. The summed E-state index contributed by atoms with van der Waals surface area (Å²) in [5.41, 5.74) is 6.94. The van der Waals surface area contributed by atoms with Crippen molar-refractivity contribution in [1.82, 2.24) is 10.1 Å². The van der Waals surface area contributed by atoms with Crippen molar-refractivity contribution in [1.29, 1.82) is 0 Å². The fourth-order valence-electron chi connectivity index (χ4n) is 2.02. The van der Waals surface area contributed by atoms with E-state index < -0.39 is 0 Å². The summed E-state index contributed by atoms with van der Waals surface area (Å²) in [6.07, 6.45) is 1.58. The third kappa shape index (κ3) is 2.96. The van der Waals surface area contributed by atoms with E-state index >= 15 is 0 Å². The summed E-state index contributed by atoms with van der Waals surface area (Å²) in [6.45, 7) is 4.05. The zero-order valence-electron chi connectivity index (χ0n) is 10.8. The average molecular weight is 245 g/mol. The molecule has 0 aliphatic heterocycles. The Balaban J connectivity index is 2.20. The normalized spacial score (nSPS) is 14.4. The van der Waals surface area contributed by atoms with Gasteiger partial charge in [0.1, 0.15) is 0 Å². The van der Waals surface area contributed by atoms with Crippen molar-refractivity contribution >= 4 is 0 Å². The molecule has 0 spiro atoms. The molecule has 96 valence electrons. The van der Waals surface area contributed by atoms with Crippen LogP contribution in [0.3, 0.4) is 0 Å². The number of benzene rings is 1. The fourth-order valence-corrected chi connectivity index (χ4v) is 2.02. The molecule has 18 heavy (non-hydrogen) atoms. The predicted molar refractivity (Wildman–Crippen MR) is 70.2 cm³/mol. The molecule has 0 amide bonds. The van der Waals surface area contributed by atoms with E-state index in [0.29, 0.717) is 18.1 Å². The minimum absolute atomic E-state index is 0.0484. The predicted octanol–water partition coefficient (Wildman–Crippen LogP) is 2.50. The standard InChI is InChI=1S/C14H19N3O/c1-3-12(11-7-5-4-6-8-11)14-16-13(17-18-14)9-10(2)15/h4-8,10,12H,3,9,15H2,1-2H3. The van der Waals surface area contributed by atoms with Gasteiger partial charge in [0.05, 0.1) is 5.92 Å². The zero-order valence-corrected chi connectivity index (χ0v) is 10.8. The maximum atomic E-state index is 5.73. The zero-order chi connectivity index (χ0) is 13.0. The maximum Gasteiger partial charge on any atom is 0.234 e. The third-order valence-corrected chi connectivity index (χ3v) is 2.90. The van der Waals surface area contributed by atoms with E-state index in [0.717, 1.165) is 6.42 Å². The maximum absolute atomic E-state index is 5.73. The van der Waals surface area contributed by atoms with Crippen molar-refractivity contribution in [3.05, 3.63) is 47.6 Å². The minimum atomic E-state index is 0.0484. The molecule has 4 nitrogen and oxygen atoms in total. The van der Waals surface area contributed by atoms with E-state index in [1.165, 1.54) is 5.56 Å². The molecule has 1 aromatic carbocycles. The van der Waals surface area contributed by atoms with Gasteiger partial charge in [-0.15, -0.1) is 0 Å². The van der Waals surface area contributed by atoms with Gasteiger partial charge in [-0.2, -0.15) is 4.98 Å². The first-order valence-electron chi connectivity index (χ1n) is 6.33. The molecule has 2 N–H and O–H groups in total. The first kappa shape index (κ1) is 12.8. The third-order valence-electron chi connectivity index (χ3n) is 2.90. The van der Waals surface area contributed by atoms with Gasteiger partial charge in [-0.05, 0) is 18.9 Å². The Kier molecular flexibility index (Phi) is 4.10. The lowest BCUT2D eigenvalue weighted by atomic mass is 9.96. The van der Waals surface area contributed by atoms with Gasteiger partial charge < -0.3 is 10.3 Å². The molecule has 0 radical (unpaired) electrons. The molecular formula is C14H19N3O. The Bertz CT molecular complexity index is 479. The SMILES string of the molecule is CCC(c1ccccc1)c1nc(CC(C)N)no1. The van der Waals surface area contributed by atoms with Gasteiger partial charge in [0.25, 0.3) is 0 Å². The second-order valence-corrected chi connectivity index (χ2v) is 4.60. The smallest absolute Gasteiger partial charge is 0.234 e. The van der Waals surface area contributed by atoms with Crippen molar-refractivity contribution in [2.75, 3.05) is 0 Å². The van der Waals surface area contributed by atoms with Crippen molar-refractivity contribution in [2.24, 2.45) is 5.73 Å². The molecule has 2 rings (SSSR count). The number of rotatable bonds is 5. The summed E-state index contributed by atoms with van der Waals surface area (Å²) in [7, 11) is 0. The second kappa shape index (κ2) is 5.78. The van der Waals surface area contributed by atoms with Crippen LogP contribution in [0, 0.1) is 0 Å². The second-order valence-electron chi connectivity index (χ2n) is 4.60. The van der Waals surface area contributed by atoms with Gasteiger partial charge in [-0.1, -0.05) is 42.4 Å². The average Bonchev–Trinajstić information content (AvgIpc) is 2.79. The molecule has 1 heterocycles. The van der Waals surface area contributed by atoms with Crippen LogP contribution in [0.2, 0.25) is 0 Å². The number of nitrogens with zero attached hydrogens (tertiary/aromatic N) is 2. The van der Waals surface area contributed by atoms with E-state index in [2.05, 4.69) is 29.2 Å². The minimum Gasteiger partial charge on any atom is -0.339 e. The number of hydrogen-bond acceptors (Lipinski definition) is 4. The Morgan fingerprint density at radius 2 is 2.00 bits per heavy atom. The van der Waals surface area contributed by atoms with Crippen molar-refractivity contribution in [3.8, 4) is 0 Å². The van der Waals surface area contributed by atoms with Crippen LogP contribution in [0.25, 0.3) is 0 Å². The Labute approximate surface area is 107 Å². The van der Waals surface area contributed by atoms with Gasteiger partial charge in [-0.25, -0.2) is 0 Å². The highest BCUT2D eigenvalue weighted by atomic mass is 16.5. The molecule has 0 aliphatic rings. The molecule has 2 atom stereocenters. The Morgan fingerprint density at radius 1 is 1.28 bits per heavy atom. The highest BCUT2D eigenvalue weighted by Crippen LogP contribution is 2.26. The summed E-state index contributed by atoms with van der Waals surface area (Å²) in [6, 6.07) is 10.3. The lowest BCUT2D eigenvalue weighted by Crippen LogP contribution is -2.18. The van der Waals surface area contributed by atoms with E-state index in [1.54, 1.807) is 0 Å². The van der Waals surface area contributed by atoms with Crippen LogP contribution in [0.1, 0.15) is 43.5 Å². The molecule has 0 saturated heterocycles. The summed E-state index contributed by atoms with van der Waals surface area (Å²) in [5, 5.41) is 3.98. The molecule has 4 heteroatoms. The molecule has 0 aliphatic carbocycles. The van der Waals surface area contributed by atoms with Crippen LogP contribution in [0.15, 0.2) is 34.9 Å². The number of aromatic nitrogens is 2. The van der Waals surface area contributed by atoms with Crippen molar-refractivity contribution < 1.29 is 4.52 Å². The lowest BCUT2D eigenvalue weighted by Gasteiger charge is -2.09. The summed E-state index contributed by atoms with van der Waals surface area (Å²) >= 11 is 0. The van der Waals surface area contributed by atoms with Crippen LogP contribution >= 0.6 is 0 Å². The van der Waals surface area contributed by atoms with E-state index in [1.807, 2.05) is 25.1 Å². The van der Waals surface area contributed by atoms with E-state index in [4.69, 9.17) is 10.3 Å². The van der Waals surface area contributed by atoms with Crippen molar-refractivity contribution in [2.45, 2.75) is 38.6 Å². The largest absolute Gasteiger partial charge is 0.339 e. The molecule has 0 saturated carbocycles. The summed E-state index contributed by atoms with van der Waals surface area (Å²) in [5.74, 6) is 1.54. The van der Waals surface area contributed by atoms with Crippen LogP contribution in [-0.2, 0) is 6.42 Å². The Hall–Kier alpha value is -1.68. The highest BCUT2D eigenvalue weighted by Gasteiger charge is 2.19. The molecule has 0 bridgehead atoms. The Morgan fingerprint density at radius 3 is 2.61 bits per heavy atom. The highest BCUT2D eigenvalue weighted by molar-refractivity contribution is 5.24. The van der Waals surface area contributed by atoms with Gasteiger partial charge >= 0.3 is 0 Å². The van der Waals surface area contributed by atoms with Crippen LogP contribution in [0.5, 0.6) is 0 Å². The van der Waals surface area contributed by atoms with E-state index in [9.17, 15) is 0 Å². The topological polar surface area (TPSA) is 64.9 Å². The van der Waals surface area contributed by atoms with Crippen LogP contribution in [0.4, 0.5) is 0 Å². The first-order chi connectivity index (χ1) is 8.70. The van der Waals surface area contributed by atoms with Gasteiger partial charge in [0, 0.05) is 12.5 Å².